The zero-order valence-electron chi connectivity index (χ0n) is 14.7. The van der Waals surface area contributed by atoms with E-state index in [4.69, 9.17) is 27.9 Å². The molecule has 1 aromatic rings. The smallest absolute Gasteiger partial charge is 0.331 e. The van der Waals surface area contributed by atoms with Crippen LogP contribution in [0, 0.1) is 5.92 Å². The van der Waals surface area contributed by atoms with Crippen molar-refractivity contribution in [3.63, 3.8) is 0 Å². The lowest BCUT2D eigenvalue weighted by Gasteiger charge is -2.38. The fraction of sp³-hybridized carbons (Fsp3) is 0.579. The molecule has 0 radical (unpaired) electrons. The molecule has 1 aromatic carbocycles. The van der Waals surface area contributed by atoms with E-state index in [1.165, 1.54) is 0 Å². The summed E-state index contributed by atoms with van der Waals surface area (Å²) in [5.41, 5.74) is -0.234. The molecule has 2 rings (SSSR count). The summed E-state index contributed by atoms with van der Waals surface area (Å²) in [5, 5.41) is 3.92. The van der Waals surface area contributed by atoms with Crippen molar-refractivity contribution in [3.8, 4) is 0 Å². The summed E-state index contributed by atoms with van der Waals surface area (Å²) in [4.78, 5) is 25.1. The van der Waals surface area contributed by atoms with E-state index >= 15 is 0 Å². The number of benzene rings is 1. The molecule has 1 aliphatic rings. The van der Waals surface area contributed by atoms with Crippen LogP contribution in [0.5, 0.6) is 0 Å². The van der Waals surface area contributed by atoms with Crippen molar-refractivity contribution in [2.75, 3.05) is 6.61 Å². The third-order valence-electron chi connectivity index (χ3n) is 4.95. The quantitative estimate of drug-likeness (QED) is 0.730. The van der Waals surface area contributed by atoms with E-state index in [1.54, 1.807) is 25.1 Å². The van der Waals surface area contributed by atoms with Gasteiger partial charge in [-0.1, -0.05) is 42.6 Å². The summed E-state index contributed by atoms with van der Waals surface area (Å²) in [7, 11) is 0. The van der Waals surface area contributed by atoms with Crippen molar-refractivity contribution in [1.82, 2.24) is 5.32 Å². The van der Waals surface area contributed by atoms with Gasteiger partial charge in [0.15, 0.2) is 0 Å². The van der Waals surface area contributed by atoms with E-state index in [9.17, 15) is 9.59 Å². The van der Waals surface area contributed by atoms with Crippen molar-refractivity contribution in [1.29, 1.82) is 0 Å². The molecule has 0 aromatic heterocycles. The van der Waals surface area contributed by atoms with Crippen molar-refractivity contribution in [2.24, 2.45) is 5.92 Å². The van der Waals surface area contributed by atoms with Gasteiger partial charge in [0.05, 0.1) is 13.0 Å². The molecule has 6 heteroatoms. The number of esters is 1. The lowest BCUT2D eigenvalue weighted by atomic mass is 9.75. The Morgan fingerprint density at radius 3 is 2.48 bits per heavy atom. The summed E-state index contributed by atoms with van der Waals surface area (Å²) in [6.45, 7) is 4.23. The Morgan fingerprint density at radius 2 is 1.92 bits per heavy atom. The minimum absolute atomic E-state index is 0.106. The highest BCUT2D eigenvalue weighted by atomic mass is 35.5. The van der Waals surface area contributed by atoms with Gasteiger partial charge in [-0.2, -0.15) is 0 Å². The van der Waals surface area contributed by atoms with E-state index in [2.05, 4.69) is 12.2 Å². The van der Waals surface area contributed by atoms with Gasteiger partial charge in [0, 0.05) is 10.0 Å². The molecule has 0 atom stereocenters. The summed E-state index contributed by atoms with van der Waals surface area (Å²) >= 11 is 12.0. The van der Waals surface area contributed by atoms with E-state index in [0.29, 0.717) is 41.0 Å². The predicted octanol–water partition coefficient (Wildman–Crippen LogP) is 4.55. The van der Waals surface area contributed by atoms with Crippen molar-refractivity contribution >= 4 is 35.1 Å². The van der Waals surface area contributed by atoms with Gasteiger partial charge in [-0.25, -0.2) is 4.79 Å². The second kappa shape index (κ2) is 8.91. The summed E-state index contributed by atoms with van der Waals surface area (Å²) in [5.74, 6) is 0.0393. The standard InChI is InChI=1S/C19H25Cl2NO3/c1-3-13-7-9-19(10-8-13,18(24)25-4-2)22-17(23)11-14-5-6-15(20)12-16(14)21/h5-6,12-13H,3-4,7-11H2,1-2H3,(H,22,23). The van der Waals surface area contributed by atoms with Gasteiger partial charge in [0.25, 0.3) is 0 Å². The Hall–Kier alpha value is -1.26. The lowest BCUT2D eigenvalue weighted by Crippen LogP contribution is -2.57. The third kappa shape index (κ3) is 5.11. The number of hydrogen-bond acceptors (Lipinski definition) is 3. The molecule has 1 amide bonds. The zero-order chi connectivity index (χ0) is 18.4. The van der Waals surface area contributed by atoms with Crippen molar-refractivity contribution in [2.45, 2.75) is 57.9 Å². The molecule has 0 bridgehead atoms. The molecular formula is C19H25Cl2NO3. The molecule has 1 N–H and O–H groups in total. The molecule has 0 spiro atoms. The van der Waals surface area contributed by atoms with Crippen molar-refractivity contribution < 1.29 is 14.3 Å². The summed E-state index contributed by atoms with van der Waals surface area (Å²) in [6, 6.07) is 5.04. The first-order valence-electron chi connectivity index (χ1n) is 8.82. The van der Waals surface area contributed by atoms with Crippen LogP contribution in [0.15, 0.2) is 18.2 Å². The maximum absolute atomic E-state index is 12.6. The Labute approximate surface area is 159 Å². The minimum atomic E-state index is -0.919. The maximum Gasteiger partial charge on any atom is 0.331 e. The third-order valence-corrected chi connectivity index (χ3v) is 5.53. The number of hydrogen-bond donors (Lipinski definition) is 1. The van der Waals surface area contributed by atoms with E-state index in [1.807, 2.05) is 0 Å². The number of amides is 1. The van der Waals surface area contributed by atoms with Gasteiger partial charge in [0.2, 0.25) is 5.91 Å². The van der Waals surface area contributed by atoms with Crippen LogP contribution < -0.4 is 5.32 Å². The average molecular weight is 386 g/mol. The molecule has 0 saturated heterocycles. The molecule has 138 valence electrons. The van der Waals surface area contributed by atoms with Gasteiger partial charge < -0.3 is 10.1 Å². The van der Waals surface area contributed by atoms with E-state index in [-0.39, 0.29) is 18.3 Å². The molecule has 1 saturated carbocycles. The largest absolute Gasteiger partial charge is 0.464 e. The second-order valence-corrected chi connectivity index (χ2v) is 7.46. The Kier molecular flexibility index (Phi) is 7.14. The fourth-order valence-corrected chi connectivity index (χ4v) is 3.85. The molecule has 0 unspecified atom stereocenters. The number of rotatable bonds is 6. The monoisotopic (exact) mass is 385 g/mol. The van der Waals surface area contributed by atoms with Crippen molar-refractivity contribution in [3.05, 3.63) is 33.8 Å². The minimum Gasteiger partial charge on any atom is -0.464 e. The van der Waals surface area contributed by atoms with Crippen LogP contribution in [0.1, 0.15) is 51.5 Å². The predicted molar refractivity (Wildman–Crippen MR) is 99.9 cm³/mol. The van der Waals surface area contributed by atoms with Crippen LogP contribution in [-0.2, 0) is 20.7 Å². The number of carbonyl (C=O) groups is 2. The van der Waals surface area contributed by atoms with Gasteiger partial charge in [0.1, 0.15) is 5.54 Å². The maximum atomic E-state index is 12.6. The molecular weight excluding hydrogens is 361 g/mol. The first-order chi connectivity index (χ1) is 11.9. The highest BCUT2D eigenvalue weighted by Crippen LogP contribution is 2.35. The van der Waals surface area contributed by atoms with Crippen LogP contribution in [0.4, 0.5) is 0 Å². The molecule has 4 nitrogen and oxygen atoms in total. The fourth-order valence-electron chi connectivity index (χ4n) is 3.38. The number of halogens is 2. The number of nitrogens with one attached hydrogen (secondary N) is 1. The topological polar surface area (TPSA) is 55.4 Å². The highest BCUT2D eigenvalue weighted by molar-refractivity contribution is 6.35. The van der Waals surface area contributed by atoms with Gasteiger partial charge in [-0.15, -0.1) is 0 Å². The van der Waals surface area contributed by atoms with Crippen LogP contribution in [-0.4, -0.2) is 24.0 Å². The van der Waals surface area contributed by atoms with Crippen LogP contribution in [0.3, 0.4) is 0 Å². The Morgan fingerprint density at radius 1 is 1.24 bits per heavy atom. The number of ether oxygens (including phenoxy) is 1. The molecule has 1 aliphatic carbocycles. The van der Waals surface area contributed by atoms with Crippen LogP contribution >= 0.6 is 23.2 Å². The first kappa shape index (κ1) is 20.1. The van der Waals surface area contributed by atoms with Gasteiger partial charge in [-0.3, -0.25) is 4.79 Å². The summed E-state index contributed by atoms with van der Waals surface area (Å²) < 4.78 is 5.25. The van der Waals surface area contributed by atoms with Gasteiger partial charge in [-0.05, 0) is 56.2 Å². The first-order valence-corrected chi connectivity index (χ1v) is 9.58. The van der Waals surface area contributed by atoms with Crippen LogP contribution in [0.2, 0.25) is 10.0 Å². The van der Waals surface area contributed by atoms with Crippen LogP contribution in [0.25, 0.3) is 0 Å². The number of carbonyl (C=O) groups excluding carboxylic acids is 2. The van der Waals surface area contributed by atoms with Gasteiger partial charge >= 0.3 is 5.97 Å². The normalized spacial score (nSPS) is 23.1. The average Bonchev–Trinajstić information content (AvgIpc) is 2.58. The summed E-state index contributed by atoms with van der Waals surface area (Å²) in [6.07, 6.45) is 4.26. The molecule has 1 fully saturated rings. The Bertz CT molecular complexity index is 625. The van der Waals surface area contributed by atoms with E-state index in [0.717, 1.165) is 19.3 Å². The lowest BCUT2D eigenvalue weighted by molar-refractivity contribution is -0.155. The second-order valence-electron chi connectivity index (χ2n) is 6.61. The van der Waals surface area contributed by atoms with E-state index < -0.39 is 5.54 Å². The Balaban J connectivity index is 2.10. The zero-order valence-corrected chi connectivity index (χ0v) is 16.3. The highest BCUT2D eigenvalue weighted by Gasteiger charge is 2.44. The molecule has 25 heavy (non-hydrogen) atoms. The molecule has 0 aliphatic heterocycles. The SMILES string of the molecule is CCOC(=O)C1(NC(=O)Cc2ccc(Cl)cc2Cl)CCC(CC)CC1. The molecule has 0 heterocycles.